The van der Waals surface area contributed by atoms with E-state index >= 15 is 0 Å². The summed E-state index contributed by atoms with van der Waals surface area (Å²) >= 11 is 17.7. The fraction of sp³-hybridized carbons (Fsp3) is 0. The van der Waals surface area contributed by atoms with Crippen molar-refractivity contribution in [1.29, 1.82) is 0 Å². The summed E-state index contributed by atoms with van der Waals surface area (Å²) in [6.45, 7) is 0. The third kappa shape index (κ3) is 5.68. The lowest BCUT2D eigenvalue weighted by molar-refractivity contribution is 0.0846. The van der Waals surface area contributed by atoms with E-state index in [1.165, 1.54) is 66.7 Å². The standard InChI is InChI=1S/C20H14Cl3N3O4S/c21-13-7-9-14(10-8-13)26-31(29,30)15-4-1-3-12(11-15)19(27)24-25-20(28)16-5-2-6-17(22)18(16)23/h1-11,26H,(H,24,27)(H,25,28). The van der Waals surface area contributed by atoms with Gasteiger partial charge in [-0.1, -0.05) is 46.9 Å². The highest BCUT2D eigenvalue weighted by molar-refractivity contribution is 7.92. The first kappa shape index (κ1) is 22.9. The molecule has 0 atom stereocenters. The summed E-state index contributed by atoms with van der Waals surface area (Å²) in [4.78, 5) is 24.5. The number of benzene rings is 3. The maximum atomic E-state index is 12.6. The number of rotatable bonds is 5. The number of halogens is 3. The van der Waals surface area contributed by atoms with Crippen molar-refractivity contribution in [3.8, 4) is 0 Å². The van der Waals surface area contributed by atoms with Gasteiger partial charge in [0.15, 0.2) is 0 Å². The van der Waals surface area contributed by atoms with Crippen molar-refractivity contribution in [1.82, 2.24) is 10.9 Å². The van der Waals surface area contributed by atoms with E-state index in [0.717, 1.165) is 0 Å². The molecule has 0 aliphatic carbocycles. The molecule has 3 aromatic carbocycles. The van der Waals surface area contributed by atoms with Crippen LogP contribution in [0, 0.1) is 0 Å². The van der Waals surface area contributed by atoms with Crippen molar-refractivity contribution in [2.45, 2.75) is 4.90 Å². The van der Waals surface area contributed by atoms with Gasteiger partial charge in [0, 0.05) is 16.3 Å². The molecule has 0 aliphatic rings. The molecule has 0 bridgehead atoms. The van der Waals surface area contributed by atoms with Crippen molar-refractivity contribution < 1.29 is 18.0 Å². The van der Waals surface area contributed by atoms with E-state index in [1.54, 1.807) is 0 Å². The average molecular weight is 499 g/mol. The van der Waals surface area contributed by atoms with Crippen LogP contribution in [0.5, 0.6) is 0 Å². The third-order valence-electron chi connectivity index (χ3n) is 3.99. The Labute approximate surface area is 193 Å². The first-order valence-corrected chi connectivity index (χ1v) is 11.2. The lowest BCUT2D eigenvalue weighted by Gasteiger charge is -2.11. The number of sulfonamides is 1. The van der Waals surface area contributed by atoms with Crippen molar-refractivity contribution >= 4 is 62.3 Å². The zero-order chi connectivity index (χ0) is 22.6. The second-order valence-corrected chi connectivity index (χ2v) is 9.05. The van der Waals surface area contributed by atoms with Gasteiger partial charge in [-0.15, -0.1) is 0 Å². The van der Waals surface area contributed by atoms with Gasteiger partial charge in [-0.05, 0) is 54.6 Å². The van der Waals surface area contributed by atoms with Crippen LogP contribution >= 0.6 is 34.8 Å². The highest BCUT2D eigenvalue weighted by Gasteiger charge is 2.18. The van der Waals surface area contributed by atoms with E-state index < -0.39 is 21.8 Å². The number of hydrogen-bond acceptors (Lipinski definition) is 4. The number of anilines is 1. The van der Waals surface area contributed by atoms with Gasteiger partial charge in [0.1, 0.15) is 0 Å². The van der Waals surface area contributed by atoms with Crippen LogP contribution in [0.1, 0.15) is 20.7 Å². The van der Waals surface area contributed by atoms with E-state index in [2.05, 4.69) is 15.6 Å². The summed E-state index contributed by atoms with van der Waals surface area (Å²) in [5.41, 5.74) is 4.81. The van der Waals surface area contributed by atoms with Gasteiger partial charge in [0.2, 0.25) is 0 Å². The lowest BCUT2D eigenvalue weighted by Crippen LogP contribution is -2.41. The molecule has 3 N–H and O–H groups in total. The van der Waals surface area contributed by atoms with Crippen LogP contribution in [0.2, 0.25) is 15.1 Å². The summed E-state index contributed by atoms with van der Waals surface area (Å²) in [6.07, 6.45) is 0. The Bertz CT molecular complexity index is 1250. The van der Waals surface area contributed by atoms with Gasteiger partial charge in [-0.3, -0.25) is 25.2 Å². The summed E-state index contributed by atoms with van der Waals surface area (Å²) in [5, 5.41) is 0.687. The molecule has 0 spiro atoms. The molecular formula is C20H14Cl3N3O4S. The molecule has 0 unspecified atom stereocenters. The fourth-order valence-corrected chi connectivity index (χ4v) is 4.09. The topological polar surface area (TPSA) is 104 Å². The number of carbonyl (C=O) groups excluding carboxylic acids is 2. The summed E-state index contributed by atoms with van der Waals surface area (Å²) in [6, 6.07) is 15.9. The van der Waals surface area contributed by atoms with Gasteiger partial charge in [0.05, 0.1) is 20.5 Å². The molecular weight excluding hydrogens is 485 g/mol. The van der Waals surface area contributed by atoms with Crippen molar-refractivity contribution in [2.75, 3.05) is 4.72 Å². The van der Waals surface area contributed by atoms with Crippen LogP contribution in [-0.4, -0.2) is 20.2 Å². The van der Waals surface area contributed by atoms with Crippen LogP contribution in [-0.2, 0) is 10.0 Å². The van der Waals surface area contributed by atoms with E-state index in [0.29, 0.717) is 10.7 Å². The summed E-state index contributed by atoms with van der Waals surface area (Å²) < 4.78 is 27.6. The Morgan fingerprint density at radius 1 is 0.774 bits per heavy atom. The smallest absolute Gasteiger partial charge is 0.271 e. The number of nitrogens with one attached hydrogen (secondary N) is 3. The van der Waals surface area contributed by atoms with Crippen LogP contribution in [0.15, 0.2) is 71.6 Å². The molecule has 3 aromatic rings. The minimum absolute atomic E-state index is 0.0106. The Morgan fingerprint density at radius 3 is 2.13 bits per heavy atom. The minimum atomic E-state index is -3.96. The fourth-order valence-electron chi connectivity index (χ4n) is 2.47. The predicted octanol–water partition coefficient (Wildman–Crippen LogP) is 4.52. The molecule has 0 aromatic heterocycles. The van der Waals surface area contributed by atoms with Gasteiger partial charge in [-0.2, -0.15) is 0 Å². The molecule has 3 rings (SSSR count). The van der Waals surface area contributed by atoms with E-state index in [9.17, 15) is 18.0 Å². The zero-order valence-corrected chi connectivity index (χ0v) is 18.6. The molecule has 0 aliphatic heterocycles. The quantitative estimate of drug-likeness (QED) is 0.450. The molecule has 0 heterocycles. The third-order valence-corrected chi connectivity index (χ3v) is 6.44. The van der Waals surface area contributed by atoms with E-state index in [-0.39, 0.29) is 26.1 Å². The monoisotopic (exact) mass is 497 g/mol. The summed E-state index contributed by atoms with van der Waals surface area (Å²) in [7, 11) is -3.96. The molecule has 0 fully saturated rings. The Morgan fingerprint density at radius 2 is 1.42 bits per heavy atom. The van der Waals surface area contributed by atoms with Gasteiger partial charge < -0.3 is 0 Å². The van der Waals surface area contributed by atoms with Crippen molar-refractivity contribution in [2.24, 2.45) is 0 Å². The van der Waals surface area contributed by atoms with Crippen LogP contribution in [0.3, 0.4) is 0 Å². The predicted molar refractivity (Wildman–Crippen MR) is 120 cm³/mol. The number of hydrazine groups is 1. The second-order valence-electron chi connectivity index (χ2n) is 6.15. The molecule has 160 valence electrons. The molecule has 31 heavy (non-hydrogen) atoms. The SMILES string of the molecule is O=C(NNC(=O)c1cccc(Cl)c1Cl)c1cccc(S(=O)(=O)Nc2ccc(Cl)cc2)c1. The first-order valence-electron chi connectivity index (χ1n) is 8.60. The molecule has 11 heteroatoms. The Balaban J connectivity index is 1.71. The highest BCUT2D eigenvalue weighted by atomic mass is 35.5. The van der Waals surface area contributed by atoms with Crippen LogP contribution in [0.25, 0.3) is 0 Å². The normalized spacial score (nSPS) is 10.9. The van der Waals surface area contributed by atoms with Gasteiger partial charge in [0.25, 0.3) is 21.8 Å². The van der Waals surface area contributed by atoms with Crippen molar-refractivity contribution in [3.63, 3.8) is 0 Å². The van der Waals surface area contributed by atoms with Gasteiger partial charge >= 0.3 is 0 Å². The minimum Gasteiger partial charge on any atom is -0.280 e. The maximum absolute atomic E-state index is 12.6. The average Bonchev–Trinajstić information content (AvgIpc) is 2.75. The largest absolute Gasteiger partial charge is 0.280 e. The van der Waals surface area contributed by atoms with E-state index in [1.807, 2.05) is 0 Å². The van der Waals surface area contributed by atoms with Crippen LogP contribution in [0.4, 0.5) is 5.69 Å². The first-order chi connectivity index (χ1) is 14.7. The Kier molecular flexibility index (Phi) is 7.07. The lowest BCUT2D eigenvalue weighted by atomic mass is 10.2. The van der Waals surface area contributed by atoms with Crippen molar-refractivity contribution in [3.05, 3.63) is 92.9 Å². The number of carbonyl (C=O) groups is 2. The second kappa shape index (κ2) is 9.57. The van der Waals surface area contributed by atoms with Crippen LogP contribution < -0.4 is 15.6 Å². The highest BCUT2D eigenvalue weighted by Crippen LogP contribution is 2.25. The molecule has 7 nitrogen and oxygen atoms in total. The maximum Gasteiger partial charge on any atom is 0.271 e. The molecule has 0 saturated heterocycles. The molecule has 0 radical (unpaired) electrons. The van der Waals surface area contributed by atoms with Gasteiger partial charge in [-0.25, -0.2) is 8.42 Å². The zero-order valence-electron chi connectivity index (χ0n) is 15.5. The van der Waals surface area contributed by atoms with E-state index in [4.69, 9.17) is 34.8 Å². The Hall–Kier alpha value is -2.78. The molecule has 0 saturated carbocycles. The summed E-state index contributed by atoms with van der Waals surface area (Å²) in [5.74, 6) is -1.41. The molecule has 2 amide bonds. The number of hydrogen-bond donors (Lipinski definition) is 3. The number of amides is 2.